The minimum absolute atomic E-state index is 0.0592. The maximum atomic E-state index is 12.9. The summed E-state index contributed by atoms with van der Waals surface area (Å²) in [5, 5.41) is 0. The number of hydrogen-bond donors (Lipinski definition) is 0. The van der Waals surface area contributed by atoms with E-state index in [0.717, 1.165) is 37.5 Å². The Morgan fingerprint density at radius 2 is 1.86 bits per heavy atom. The van der Waals surface area contributed by atoms with Gasteiger partial charge in [0.1, 0.15) is 5.78 Å². The lowest BCUT2D eigenvalue weighted by Crippen LogP contribution is -2.54. The quantitative estimate of drug-likeness (QED) is 0.698. The predicted molar refractivity (Wildman–Crippen MR) is 97.9 cm³/mol. The molecular formula is C23H30O5. The summed E-state index contributed by atoms with van der Waals surface area (Å²) in [5.74, 6) is 3.79. The summed E-state index contributed by atoms with van der Waals surface area (Å²) in [6.07, 6.45) is 8.56. The minimum atomic E-state index is -0.368. The first-order valence-electron chi connectivity index (χ1n) is 11.6. The maximum Gasteiger partial charge on any atom is 0.312 e. The van der Waals surface area contributed by atoms with E-state index in [1.165, 1.54) is 25.7 Å². The van der Waals surface area contributed by atoms with Crippen LogP contribution in [0.3, 0.4) is 0 Å². The molecule has 1 spiro atoms. The van der Waals surface area contributed by atoms with Gasteiger partial charge in [-0.25, -0.2) is 0 Å². The predicted octanol–water partition coefficient (Wildman–Crippen LogP) is 2.96. The fraction of sp³-hybridized carbons (Fsp3) is 0.913. The summed E-state index contributed by atoms with van der Waals surface area (Å²) in [6, 6.07) is 0. The fourth-order valence-corrected chi connectivity index (χ4v) is 8.91. The molecule has 8 bridgehead atoms. The van der Waals surface area contributed by atoms with E-state index in [-0.39, 0.29) is 34.9 Å². The summed E-state index contributed by atoms with van der Waals surface area (Å²) in [6.45, 7) is 1.69. The van der Waals surface area contributed by atoms with Crippen LogP contribution in [0.2, 0.25) is 0 Å². The fourth-order valence-electron chi connectivity index (χ4n) is 8.91. The van der Waals surface area contributed by atoms with Crippen molar-refractivity contribution in [3.8, 4) is 0 Å². The molecule has 0 amide bonds. The first-order valence-corrected chi connectivity index (χ1v) is 11.6. The van der Waals surface area contributed by atoms with Crippen molar-refractivity contribution in [1.29, 1.82) is 0 Å². The van der Waals surface area contributed by atoms with Crippen molar-refractivity contribution < 1.29 is 23.8 Å². The molecule has 8 aliphatic carbocycles. The first-order chi connectivity index (χ1) is 13.6. The molecule has 0 N–H and O–H groups in total. The van der Waals surface area contributed by atoms with Crippen LogP contribution in [0.15, 0.2) is 0 Å². The van der Waals surface area contributed by atoms with Gasteiger partial charge in [0.05, 0.1) is 25.2 Å². The Kier molecular flexibility index (Phi) is 3.24. The third-order valence-electron chi connectivity index (χ3n) is 9.88. The zero-order valence-electron chi connectivity index (χ0n) is 16.4. The second-order valence-corrected chi connectivity index (χ2v) is 11.3. The molecule has 5 heteroatoms. The standard InChI is InChI=1S/C23H30O5/c24-20-16-4-15-6-22(7-16,8-18(15)20)21(25)26-9-13-10-27-23(28-11-13)17-2-12-1-14(5-17)19(23)3-12/h12-19H,1-11H2. The van der Waals surface area contributed by atoms with Crippen LogP contribution in [0.4, 0.5) is 0 Å². The van der Waals surface area contributed by atoms with Crippen LogP contribution in [-0.2, 0) is 23.8 Å². The maximum absolute atomic E-state index is 12.9. The highest BCUT2D eigenvalue weighted by Gasteiger charge is 2.66. The Morgan fingerprint density at radius 3 is 2.61 bits per heavy atom. The number of ether oxygens (including phenoxy) is 3. The molecule has 152 valence electrons. The Morgan fingerprint density at radius 1 is 1.00 bits per heavy atom. The van der Waals surface area contributed by atoms with Crippen molar-refractivity contribution in [2.24, 2.45) is 52.8 Å². The molecule has 9 fully saturated rings. The van der Waals surface area contributed by atoms with Crippen molar-refractivity contribution in [1.82, 2.24) is 0 Å². The van der Waals surface area contributed by atoms with E-state index in [9.17, 15) is 9.59 Å². The zero-order chi connectivity index (χ0) is 18.7. The Bertz CT molecular complexity index is 731. The highest BCUT2D eigenvalue weighted by atomic mass is 16.7. The number of esters is 1. The average molecular weight is 386 g/mol. The third-order valence-corrected chi connectivity index (χ3v) is 9.88. The summed E-state index contributed by atoms with van der Waals surface area (Å²) in [7, 11) is 0. The summed E-state index contributed by atoms with van der Waals surface area (Å²) >= 11 is 0. The highest BCUT2D eigenvalue weighted by Crippen LogP contribution is 2.65. The van der Waals surface area contributed by atoms with Gasteiger partial charge in [0, 0.05) is 29.6 Å². The number of ketones is 1. The van der Waals surface area contributed by atoms with Crippen LogP contribution in [0.1, 0.15) is 51.4 Å². The van der Waals surface area contributed by atoms with Gasteiger partial charge in [-0.3, -0.25) is 9.59 Å². The minimum Gasteiger partial charge on any atom is -0.465 e. The Labute approximate surface area is 165 Å². The van der Waals surface area contributed by atoms with Gasteiger partial charge in [-0.15, -0.1) is 0 Å². The monoisotopic (exact) mass is 386 g/mol. The average Bonchev–Trinajstić information content (AvgIpc) is 3.30. The first kappa shape index (κ1) is 16.8. The van der Waals surface area contributed by atoms with E-state index < -0.39 is 0 Å². The van der Waals surface area contributed by atoms with Crippen molar-refractivity contribution in [3.05, 3.63) is 0 Å². The lowest BCUT2D eigenvalue weighted by atomic mass is 9.69. The zero-order valence-corrected chi connectivity index (χ0v) is 16.4. The number of Topliss-reactive ketones (excluding diaryl/α,β-unsaturated/α-hetero) is 1. The third kappa shape index (κ3) is 2.01. The van der Waals surface area contributed by atoms with Crippen molar-refractivity contribution in [2.45, 2.75) is 57.2 Å². The molecule has 0 radical (unpaired) electrons. The molecule has 1 heterocycles. The number of carbonyl (C=O) groups excluding carboxylic acids is 2. The van der Waals surface area contributed by atoms with Crippen molar-refractivity contribution >= 4 is 11.8 Å². The van der Waals surface area contributed by atoms with Crippen LogP contribution in [0.5, 0.6) is 0 Å². The van der Waals surface area contributed by atoms with Gasteiger partial charge in [-0.2, -0.15) is 0 Å². The molecule has 28 heavy (non-hydrogen) atoms. The van der Waals surface area contributed by atoms with Crippen LogP contribution < -0.4 is 0 Å². The highest BCUT2D eigenvalue weighted by molar-refractivity contribution is 5.91. The lowest BCUT2D eigenvalue weighted by Gasteiger charge is -2.47. The van der Waals surface area contributed by atoms with Gasteiger partial charge in [-0.1, -0.05) is 0 Å². The molecule has 5 nitrogen and oxygen atoms in total. The molecule has 9 rings (SSSR count). The van der Waals surface area contributed by atoms with E-state index in [4.69, 9.17) is 14.2 Å². The van der Waals surface area contributed by atoms with E-state index in [1.807, 2.05) is 0 Å². The molecule has 1 saturated heterocycles. The van der Waals surface area contributed by atoms with Crippen LogP contribution in [0.25, 0.3) is 0 Å². The molecule has 0 aromatic heterocycles. The topological polar surface area (TPSA) is 61.8 Å². The van der Waals surface area contributed by atoms with Gasteiger partial charge < -0.3 is 14.2 Å². The number of rotatable bonds is 3. The summed E-state index contributed by atoms with van der Waals surface area (Å²) in [5.41, 5.74) is -0.368. The largest absolute Gasteiger partial charge is 0.465 e. The van der Waals surface area contributed by atoms with E-state index in [2.05, 4.69) is 0 Å². The van der Waals surface area contributed by atoms with E-state index in [0.29, 0.717) is 43.4 Å². The van der Waals surface area contributed by atoms with Gasteiger partial charge in [0.25, 0.3) is 0 Å². The number of hydrogen-bond acceptors (Lipinski definition) is 5. The Balaban J connectivity index is 0.976. The molecule has 0 aromatic carbocycles. The second kappa shape index (κ2) is 5.40. The Hall–Kier alpha value is -0.940. The normalized spacial score (nSPS) is 57.6. The van der Waals surface area contributed by atoms with Gasteiger partial charge in [0.2, 0.25) is 0 Å². The van der Waals surface area contributed by atoms with Gasteiger partial charge in [0.15, 0.2) is 5.79 Å². The van der Waals surface area contributed by atoms with Gasteiger partial charge >= 0.3 is 5.97 Å². The van der Waals surface area contributed by atoms with Crippen molar-refractivity contribution in [3.63, 3.8) is 0 Å². The van der Waals surface area contributed by atoms with Crippen LogP contribution in [-0.4, -0.2) is 37.4 Å². The van der Waals surface area contributed by atoms with E-state index in [1.54, 1.807) is 0 Å². The molecule has 0 aromatic rings. The van der Waals surface area contributed by atoms with Crippen LogP contribution in [0, 0.1) is 52.8 Å². The van der Waals surface area contributed by atoms with Crippen molar-refractivity contribution in [2.75, 3.05) is 19.8 Å². The van der Waals surface area contributed by atoms with Crippen LogP contribution >= 0.6 is 0 Å². The molecule has 8 unspecified atom stereocenters. The van der Waals surface area contributed by atoms with Gasteiger partial charge in [-0.05, 0) is 69.1 Å². The molecule has 9 aliphatic rings. The summed E-state index contributed by atoms with van der Waals surface area (Å²) in [4.78, 5) is 25.2. The molecule has 8 atom stereocenters. The number of carbonyl (C=O) groups is 2. The SMILES string of the molecule is O=C1C2CC3CC(C(=O)OCC4COC5(OC4)C4CC6CC(C4)C5C6)(C2)CC13. The lowest BCUT2D eigenvalue weighted by molar-refractivity contribution is -0.329. The second-order valence-electron chi connectivity index (χ2n) is 11.3. The molecule has 1 aliphatic heterocycles. The molecular weight excluding hydrogens is 356 g/mol. The summed E-state index contributed by atoms with van der Waals surface area (Å²) < 4.78 is 18.7. The molecule has 8 saturated carbocycles. The smallest absolute Gasteiger partial charge is 0.312 e. The van der Waals surface area contributed by atoms with E-state index >= 15 is 0 Å².